The van der Waals surface area contributed by atoms with Crippen molar-refractivity contribution < 1.29 is 18.7 Å². The van der Waals surface area contributed by atoms with E-state index in [0.29, 0.717) is 23.8 Å². The number of carbonyl (C=O) groups is 2. The van der Waals surface area contributed by atoms with Crippen molar-refractivity contribution in [2.75, 3.05) is 30.3 Å². The number of nitrogens with one attached hydrogen (secondary N) is 4. The molecule has 174 valence electrons. The van der Waals surface area contributed by atoms with Gasteiger partial charge in [-0.3, -0.25) is 9.59 Å². The lowest BCUT2D eigenvalue weighted by atomic mass is 9.60. The summed E-state index contributed by atoms with van der Waals surface area (Å²) in [6.07, 6.45) is 2.65. The molecule has 1 aliphatic heterocycles. The molecule has 3 aliphatic carbocycles. The van der Waals surface area contributed by atoms with Crippen molar-refractivity contribution in [3.63, 3.8) is 0 Å². The molecule has 2 atom stereocenters. The van der Waals surface area contributed by atoms with Crippen LogP contribution in [0.2, 0.25) is 5.02 Å². The minimum Gasteiger partial charge on any atom is -0.484 e. The molecular weight excluding hydrogens is 447 g/mol. The summed E-state index contributed by atoms with van der Waals surface area (Å²) in [5.74, 6) is 0.154. The molecule has 0 spiro atoms. The van der Waals surface area contributed by atoms with Crippen LogP contribution in [0.5, 0.6) is 5.75 Å². The van der Waals surface area contributed by atoms with Crippen molar-refractivity contribution in [3.8, 4) is 5.75 Å². The van der Waals surface area contributed by atoms with Crippen molar-refractivity contribution in [2.24, 2.45) is 11.8 Å². The molecule has 0 radical (unpaired) electrons. The van der Waals surface area contributed by atoms with Crippen LogP contribution in [0.4, 0.5) is 15.8 Å². The SMILES string of the molecule is O=C(COc1ccc(Cl)c(F)c1)N[C@@H]1CC(NC(=O)c2ccc3c(c2)NCCN3)C2CC1C2. The number of fused-ring (bicyclic) bond motifs is 3. The maximum Gasteiger partial charge on any atom is 0.258 e. The molecule has 3 saturated carbocycles. The molecule has 0 aromatic heterocycles. The molecule has 7 nitrogen and oxygen atoms in total. The second-order valence-corrected chi connectivity index (χ2v) is 9.37. The number of anilines is 2. The summed E-state index contributed by atoms with van der Waals surface area (Å²) in [4.78, 5) is 25.3. The van der Waals surface area contributed by atoms with Gasteiger partial charge in [0.05, 0.1) is 16.4 Å². The Labute approximate surface area is 196 Å². The smallest absolute Gasteiger partial charge is 0.258 e. The number of amides is 2. The average molecular weight is 473 g/mol. The van der Waals surface area contributed by atoms with Gasteiger partial charge < -0.3 is 26.0 Å². The average Bonchev–Trinajstić information content (AvgIpc) is 2.78. The third kappa shape index (κ3) is 4.71. The van der Waals surface area contributed by atoms with Gasteiger partial charge >= 0.3 is 0 Å². The van der Waals surface area contributed by atoms with Crippen LogP contribution in [0.1, 0.15) is 29.6 Å². The Bertz CT molecular complexity index is 1080. The molecule has 6 rings (SSSR count). The molecule has 2 aromatic rings. The van der Waals surface area contributed by atoms with Crippen LogP contribution in [0.25, 0.3) is 0 Å². The van der Waals surface area contributed by atoms with E-state index in [2.05, 4.69) is 21.3 Å². The Balaban J connectivity index is 1.15. The first-order valence-electron chi connectivity index (χ1n) is 11.3. The van der Waals surface area contributed by atoms with Gasteiger partial charge in [-0.1, -0.05) is 11.6 Å². The van der Waals surface area contributed by atoms with Crippen LogP contribution in [0.3, 0.4) is 0 Å². The molecule has 2 bridgehead atoms. The fourth-order valence-electron chi connectivity index (χ4n) is 4.97. The highest BCUT2D eigenvalue weighted by atomic mass is 35.5. The van der Waals surface area contributed by atoms with Gasteiger partial charge in [0.1, 0.15) is 11.6 Å². The van der Waals surface area contributed by atoms with Gasteiger partial charge in [0, 0.05) is 36.8 Å². The Morgan fingerprint density at radius 2 is 1.70 bits per heavy atom. The summed E-state index contributed by atoms with van der Waals surface area (Å²) in [6.45, 7) is 1.47. The number of rotatable bonds is 6. The molecule has 33 heavy (non-hydrogen) atoms. The summed E-state index contributed by atoms with van der Waals surface area (Å²) in [6, 6.07) is 9.69. The molecule has 4 aliphatic rings. The van der Waals surface area contributed by atoms with Gasteiger partial charge in [-0.15, -0.1) is 0 Å². The van der Waals surface area contributed by atoms with E-state index in [9.17, 15) is 14.0 Å². The number of ether oxygens (including phenoxy) is 1. The summed E-state index contributed by atoms with van der Waals surface area (Å²) in [7, 11) is 0. The van der Waals surface area contributed by atoms with Crippen molar-refractivity contribution in [1.29, 1.82) is 0 Å². The lowest BCUT2D eigenvalue weighted by Gasteiger charge is -2.51. The van der Waals surface area contributed by atoms with Gasteiger partial charge in [0.15, 0.2) is 6.61 Å². The van der Waals surface area contributed by atoms with Crippen molar-refractivity contribution >= 4 is 34.8 Å². The highest BCUT2D eigenvalue weighted by Gasteiger charge is 2.47. The van der Waals surface area contributed by atoms with Gasteiger partial charge in [-0.05, 0) is 61.4 Å². The lowest BCUT2D eigenvalue weighted by molar-refractivity contribution is -0.125. The first-order valence-corrected chi connectivity index (χ1v) is 11.6. The fourth-order valence-corrected chi connectivity index (χ4v) is 5.09. The van der Waals surface area contributed by atoms with E-state index >= 15 is 0 Å². The number of hydrogen-bond acceptors (Lipinski definition) is 5. The minimum absolute atomic E-state index is 0.00458. The zero-order valence-corrected chi connectivity index (χ0v) is 18.8. The van der Waals surface area contributed by atoms with Crippen LogP contribution < -0.4 is 26.0 Å². The molecule has 9 heteroatoms. The topological polar surface area (TPSA) is 91.5 Å². The van der Waals surface area contributed by atoms with Crippen LogP contribution in [0.15, 0.2) is 36.4 Å². The van der Waals surface area contributed by atoms with E-state index in [1.807, 2.05) is 18.2 Å². The van der Waals surface area contributed by atoms with E-state index in [0.717, 1.165) is 43.4 Å². The maximum absolute atomic E-state index is 13.5. The third-order valence-electron chi connectivity index (χ3n) is 6.82. The van der Waals surface area contributed by atoms with Gasteiger partial charge in [0.25, 0.3) is 11.8 Å². The minimum atomic E-state index is -0.591. The summed E-state index contributed by atoms with van der Waals surface area (Å²) in [5, 5.41) is 12.8. The number of carbonyl (C=O) groups excluding carboxylic acids is 2. The van der Waals surface area contributed by atoms with Crippen LogP contribution in [-0.4, -0.2) is 43.6 Å². The largest absolute Gasteiger partial charge is 0.484 e. The van der Waals surface area contributed by atoms with Crippen LogP contribution >= 0.6 is 11.6 Å². The first kappa shape index (κ1) is 21.8. The van der Waals surface area contributed by atoms with Crippen molar-refractivity contribution in [3.05, 3.63) is 52.8 Å². The van der Waals surface area contributed by atoms with Gasteiger partial charge in [-0.2, -0.15) is 0 Å². The van der Waals surface area contributed by atoms with Gasteiger partial charge in [-0.25, -0.2) is 4.39 Å². The number of hydrogen-bond donors (Lipinski definition) is 4. The molecule has 1 unspecified atom stereocenters. The Kier molecular flexibility index (Phi) is 6.01. The molecule has 0 saturated heterocycles. The Hall–Kier alpha value is -3.00. The predicted molar refractivity (Wildman–Crippen MR) is 124 cm³/mol. The summed E-state index contributed by atoms with van der Waals surface area (Å²) in [5.41, 5.74) is 2.56. The fraction of sp³-hybridized carbons (Fsp3) is 0.417. The molecular formula is C24H26ClFN4O3. The van der Waals surface area contributed by atoms with Crippen molar-refractivity contribution in [1.82, 2.24) is 10.6 Å². The third-order valence-corrected chi connectivity index (χ3v) is 7.12. The normalized spacial score (nSPS) is 24.9. The van der Waals surface area contributed by atoms with E-state index in [1.165, 1.54) is 12.1 Å². The second-order valence-electron chi connectivity index (χ2n) is 8.96. The molecule has 1 heterocycles. The molecule has 3 fully saturated rings. The number of benzene rings is 2. The second kappa shape index (κ2) is 9.09. The monoisotopic (exact) mass is 472 g/mol. The van der Waals surface area contributed by atoms with Crippen molar-refractivity contribution in [2.45, 2.75) is 31.3 Å². The van der Waals surface area contributed by atoms with E-state index in [1.54, 1.807) is 0 Å². The van der Waals surface area contributed by atoms with Crippen LogP contribution in [-0.2, 0) is 4.79 Å². The maximum atomic E-state index is 13.5. The summed E-state index contributed by atoms with van der Waals surface area (Å²) >= 11 is 5.67. The summed E-state index contributed by atoms with van der Waals surface area (Å²) < 4.78 is 18.9. The number of halogens is 2. The molecule has 2 amide bonds. The highest BCUT2D eigenvalue weighted by Crippen LogP contribution is 2.46. The Morgan fingerprint density at radius 1 is 0.970 bits per heavy atom. The highest BCUT2D eigenvalue weighted by molar-refractivity contribution is 6.30. The zero-order valence-electron chi connectivity index (χ0n) is 18.0. The predicted octanol–water partition coefficient (Wildman–Crippen LogP) is 3.41. The molecule has 4 N–H and O–H groups in total. The lowest BCUT2D eigenvalue weighted by Crippen LogP contribution is -2.60. The standard InChI is InChI=1S/C24H26ClFN4O3/c25-17-3-2-16(10-18(17)26)33-12-23(31)29-20-11-21(15-7-14(20)8-15)30-24(32)13-1-4-19-22(9-13)28-6-5-27-19/h1-4,9-10,14-15,20-21,27-28H,5-8,11-12H2,(H,29,31)(H,30,32)/t14?,15?,20-,21?/m1/s1. The molecule has 2 aromatic carbocycles. The van der Waals surface area contributed by atoms with E-state index < -0.39 is 5.82 Å². The van der Waals surface area contributed by atoms with Gasteiger partial charge in [0.2, 0.25) is 0 Å². The Morgan fingerprint density at radius 3 is 2.45 bits per heavy atom. The zero-order chi connectivity index (χ0) is 22.9. The van der Waals surface area contributed by atoms with Crippen LogP contribution in [0, 0.1) is 17.7 Å². The van der Waals surface area contributed by atoms with E-state index in [-0.39, 0.29) is 41.3 Å². The quantitative estimate of drug-likeness (QED) is 0.517. The first-order chi connectivity index (χ1) is 16.0. The van der Waals surface area contributed by atoms with E-state index in [4.69, 9.17) is 16.3 Å².